The van der Waals surface area contributed by atoms with Gasteiger partial charge in [-0.05, 0) is 0 Å². The summed E-state index contributed by atoms with van der Waals surface area (Å²) < 4.78 is 0. The third-order valence-electron chi connectivity index (χ3n) is 6.45. The summed E-state index contributed by atoms with van der Waals surface area (Å²) in [5, 5.41) is -0.0188. The molecule has 0 radical (unpaired) electrons. The molecule has 0 spiro atoms. The zero-order chi connectivity index (χ0) is 18.5. The second kappa shape index (κ2) is 8.19. The predicted octanol–water partition coefficient (Wildman–Crippen LogP) is 6.79. The van der Waals surface area contributed by atoms with Gasteiger partial charge in [0.05, 0.1) is 0 Å². The van der Waals surface area contributed by atoms with Crippen molar-refractivity contribution in [3.63, 3.8) is 0 Å². The summed E-state index contributed by atoms with van der Waals surface area (Å²) in [6.07, 6.45) is 3.83. The van der Waals surface area contributed by atoms with Crippen LogP contribution in [0.1, 0.15) is 37.5 Å². The van der Waals surface area contributed by atoms with Crippen LogP contribution in [0.25, 0.3) is 0 Å². The Bertz CT molecular complexity index is 684. The fourth-order valence-corrected chi connectivity index (χ4v) is 10.5. The van der Waals surface area contributed by atoms with Crippen molar-refractivity contribution in [2.75, 3.05) is 18.5 Å². The van der Waals surface area contributed by atoms with Gasteiger partial charge < -0.3 is 0 Å². The van der Waals surface area contributed by atoms with Gasteiger partial charge in [-0.2, -0.15) is 0 Å². The van der Waals surface area contributed by atoms with Gasteiger partial charge in [0, 0.05) is 0 Å². The van der Waals surface area contributed by atoms with E-state index in [9.17, 15) is 0 Å². The first-order valence-electron chi connectivity index (χ1n) is 9.91. The van der Waals surface area contributed by atoms with E-state index in [1.807, 2.05) is 0 Å². The summed E-state index contributed by atoms with van der Waals surface area (Å²) in [6, 6.07) is 33.7. The van der Waals surface area contributed by atoms with E-state index < -0.39 is 7.26 Å². The Balaban J connectivity index is 2.47. The zero-order valence-electron chi connectivity index (χ0n) is 16.3. The summed E-state index contributed by atoms with van der Waals surface area (Å²) in [7, 11) is -1.72. The molecule has 0 amide bonds. The maximum absolute atomic E-state index is 2.42. The van der Waals surface area contributed by atoms with Crippen molar-refractivity contribution in [1.82, 2.24) is 0 Å². The van der Waals surface area contributed by atoms with E-state index >= 15 is 0 Å². The van der Waals surface area contributed by atoms with Crippen LogP contribution in [0, 0.1) is 0 Å². The first-order valence-corrected chi connectivity index (χ1v) is 12.5. The predicted molar refractivity (Wildman–Crippen MR) is 119 cm³/mol. The van der Waals surface area contributed by atoms with E-state index in [-0.39, 0.29) is 5.16 Å². The molecule has 0 aliphatic carbocycles. The van der Waals surface area contributed by atoms with Crippen LogP contribution in [0.4, 0.5) is 0 Å². The molecule has 0 fully saturated rings. The molecule has 0 aliphatic rings. The molecule has 0 aromatic heterocycles. The average molecular weight is 362 g/mol. The molecule has 0 heterocycles. The van der Waals surface area contributed by atoms with Crippen LogP contribution < -0.4 is 0 Å². The first-order chi connectivity index (χ1) is 12.7. The van der Waals surface area contributed by atoms with Crippen LogP contribution in [0.3, 0.4) is 0 Å². The van der Waals surface area contributed by atoms with Crippen LogP contribution >= 0.6 is 7.26 Å². The molecule has 0 unspecified atom stereocenters. The van der Waals surface area contributed by atoms with Gasteiger partial charge in [-0.1, -0.05) is 0 Å². The zero-order valence-corrected chi connectivity index (χ0v) is 17.3. The summed E-state index contributed by atoms with van der Waals surface area (Å²) in [5.41, 5.74) is 4.36. The number of rotatable bonds is 7. The third-order valence-corrected chi connectivity index (χ3v) is 13.0. The molecule has 0 saturated heterocycles. The molecule has 3 aromatic carbocycles. The van der Waals surface area contributed by atoms with E-state index in [0.29, 0.717) is 0 Å². The number of hydrogen-bond donors (Lipinski definition) is 0. The SMILES string of the molecule is CC[PH](CC)(CC)C(c1ccccc1)(c1ccccc1)c1ccccc1. The number of hydrogen-bond acceptors (Lipinski definition) is 0. The van der Waals surface area contributed by atoms with Gasteiger partial charge in [0.2, 0.25) is 0 Å². The van der Waals surface area contributed by atoms with Crippen molar-refractivity contribution in [2.45, 2.75) is 25.9 Å². The Morgan fingerprint density at radius 2 is 0.769 bits per heavy atom. The minimum absolute atomic E-state index is 0.0188. The van der Waals surface area contributed by atoms with Crippen LogP contribution in [0.2, 0.25) is 0 Å². The molecule has 3 aromatic rings. The normalized spacial score (nSPS) is 12.7. The summed E-state index contributed by atoms with van der Waals surface area (Å²) >= 11 is 0. The summed E-state index contributed by atoms with van der Waals surface area (Å²) in [5.74, 6) is 0. The van der Waals surface area contributed by atoms with Crippen molar-refractivity contribution in [3.05, 3.63) is 108 Å². The van der Waals surface area contributed by atoms with Crippen molar-refractivity contribution in [2.24, 2.45) is 0 Å². The van der Waals surface area contributed by atoms with Crippen molar-refractivity contribution in [3.8, 4) is 0 Å². The van der Waals surface area contributed by atoms with Gasteiger partial charge in [0.1, 0.15) is 0 Å². The Hall–Kier alpha value is -1.91. The Labute approximate surface area is 159 Å². The van der Waals surface area contributed by atoms with Gasteiger partial charge in [-0.3, -0.25) is 0 Å². The average Bonchev–Trinajstić information content (AvgIpc) is 2.74. The molecule has 26 heavy (non-hydrogen) atoms. The van der Waals surface area contributed by atoms with Gasteiger partial charge in [0.15, 0.2) is 0 Å². The third kappa shape index (κ3) is 2.91. The Morgan fingerprint density at radius 3 is 1.00 bits per heavy atom. The molecular formula is C25H31P. The van der Waals surface area contributed by atoms with Crippen LogP contribution in [-0.2, 0) is 5.16 Å². The fraction of sp³-hybridized carbons (Fsp3) is 0.280. The van der Waals surface area contributed by atoms with Gasteiger partial charge in [-0.25, -0.2) is 0 Å². The molecular weight excluding hydrogens is 331 g/mol. The summed E-state index contributed by atoms with van der Waals surface area (Å²) in [4.78, 5) is 0. The van der Waals surface area contributed by atoms with Crippen LogP contribution in [0.15, 0.2) is 91.0 Å². The topological polar surface area (TPSA) is 0 Å². The Morgan fingerprint density at radius 1 is 0.500 bits per heavy atom. The molecule has 0 saturated carbocycles. The van der Waals surface area contributed by atoms with Crippen molar-refractivity contribution in [1.29, 1.82) is 0 Å². The van der Waals surface area contributed by atoms with E-state index in [1.54, 1.807) is 0 Å². The molecule has 0 bridgehead atoms. The monoisotopic (exact) mass is 362 g/mol. The quantitative estimate of drug-likeness (QED) is 0.321. The molecule has 0 atom stereocenters. The molecule has 0 aliphatic heterocycles. The van der Waals surface area contributed by atoms with Crippen LogP contribution in [0.5, 0.6) is 0 Å². The number of benzene rings is 3. The molecule has 3 rings (SSSR count). The minimum atomic E-state index is -1.72. The summed E-state index contributed by atoms with van der Waals surface area (Å²) in [6.45, 7) is 7.26. The van der Waals surface area contributed by atoms with E-state index in [4.69, 9.17) is 0 Å². The molecule has 1 heteroatoms. The van der Waals surface area contributed by atoms with Gasteiger partial charge >= 0.3 is 159 Å². The van der Waals surface area contributed by atoms with Crippen molar-refractivity contribution < 1.29 is 0 Å². The van der Waals surface area contributed by atoms with Crippen LogP contribution in [-0.4, -0.2) is 18.5 Å². The standard InChI is InChI=1S/C25H31P/c1-4-26(5-2,6-3)25(22-16-10-7-11-17-22,23-18-12-8-13-19-23)24-20-14-9-15-21-24/h7-21,26H,4-6H2,1-3H3. The van der Waals surface area contributed by atoms with E-state index in [2.05, 4.69) is 112 Å². The van der Waals surface area contributed by atoms with Gasteiger partial charge in [0.25, 0.3) is 0 Å². The maximum atomic E-state index is 2.42. The second-order valence-electron chi connectivity index (χ2n) is 7.19. The van der Waals surface area contributed by atoms with Gasteiger partial charge in [-0.15, -0.1) is 0 Å². The second-order valence-corrected chi connectivity index (χ2v) is 12.6. The molecule has 0 nitrogen and oxygen atoms in total. The first kappa shape index (κ1) is 18.9. The Kier molecular flexibility index (Phi) is 5.94. The fourth-order valence-electron chi connectivity index (χ4n) is 5.03. The molecule has 136 valence electrons. The molecule has 0 N–H and O–H groups in total. The van der Waals surface area contributed by atoms with Crippen molar-refractivity contribution >= 4 is 7.26 Å². The van der Waals surface area contributed by atoms with E-state index in [1.165, 1.54) is 35.2 Å². The van der Waals surface area contributed by atoms with E-state index in [0.717, 1.165) is 0 Å².